The zero-order valence-electron chi connectivity index (χ0n) is 19.6. The van der Waals surface area contributed by atoms with E-state index in [4.69, 9.17) is 4.74 Å². The maximum absolute atomic E-state index is 11.5. The van der Waals surface area contributed by atoms with E-state index in [1.54, 1.807) is 0 Å². The lowest BCUT2D eigenvalue weighted by Gasteiger charge is -2.30. The highest BCUT2D eigenvalue weighted by Gasteiger charge is 2.27. The van der Waals surface area contributed by atoms with Gasteiger partial charge < -0.3 is 4.74 Å². The number of rotatable bonds is 19. The fourth-order valence-electron chi connectivity index (χ4n) is 4.81. The van der Waals surface area contributed by atoms with Gasteiger partial charge >= 0.3 is 5.97 Å². The van der Waals surface area contributed by atoms with Gasteiger partial charge in [0.05, 0.1) is 0 Å². The fraction of sp³-hybridized carbons (Fsp3) is 0.889. The van der Waals surface area contributed by atoms with Gasteiger partial charge in [0, 0.05) is 6.08 Å². The molecule has 1 fully saturated rings. The van der Waals surface area contributed by atoms with Crippen LogP contribution in [0.25, 0.3) is 0 Å². The molecule has 0 bridgehead atoms. The summed E-state index contributed by atoms with van der Waals surface area (Å²) in [6, 6.07) is 0. The highest BCUT2D eigenvalue weighted by Crippen LogP contribution is 2.31. The molecule has 170 valence electrons. The van der Waals surface area contributed by atoms with Gasteiger partial charge in [-0.05, 0) is 31.6 Å². The molecule has 0 radical (unpaired) electrons. The van der Waals surface area contributed by atoms with Crippen molar-refractivity contribution in [2.45, 2.75) is 148 Å². The fourth-order valence-corrected chi connectivity index (χ4v) is 4.81. The molecule has 1 aliphatic rings. The van der Waals surface area contributed by atoms with Gasteiger partial charge in [-0.2, -0.15) is 0 Å². The van der Waals surface area contributed by atoms with Crippen LogP contribution >= 0.6 is 0 Å². The minimum Gasteiger partial charge on any atom is -0.459 e. The molecule has 2 atom stereocenters. The quantitative estimate of drug-likeness (QED) is 0.121. The lowest BCUT2D eigenvalue weighted by Crippen LogP contribution is -2.29. The predicted octanol–water partition coefficient (Wildman–Crippen LogP) is 8.93. The lowest BCUT2D eigenvalue weighted by molar-refractivity contribution is -0.147. The molecule has 2 unspecified atom stereocenters. The van der Waals surface area contributed by atoms with Crippen LogP contribution in [0.15, 0.2) is 12.7 Å². The molecule has 1 aliphatic carbocycles. The molecule has 1 rings (SSSR count). The van der Waals surface area contributed by atoms with Gasteiger partial charge in [0.2, 0.25) is 0 Å². The summed E-state index contributed by atoms with van der Waals surface area (Å²) in [7, 11) is 0. The van der Waals surface area contributed by atoms with E-state index in [2.05, 4.69) is 13.5 Å². The number of hydrogen-bond donors (Lipinski definition) is 0. The molecule has 0 aromatic heterocycles. The molecule has 0 aromatic rings. The van der Waals surface area contributed by atoms with Crippen LogP contribution in [-0.4, -0.2) is 12.1 Å². The highest BCUT2D eigenvalue weighted by molar-refractivity contribution is 5.81. The van der Waals surface area contributed by atoms with Gasteiger partial charge in [0.25, 0.3) is 0 Å². The zero-order valence-corrected chi connectivity index (χ0v) is 19.6. The first-order valence-corrected chi connectivity index (χ1v) is 13.1. The van der Waals surface area contributed by atoms with Crippen molar-refractivity contribution in [3.05, 3.63) is 12.7 Å². The van der Waals surface area contributed by atoms with E-state index in [-0.39, 0.29) is 12.1 Å². The van der Waals surface area contributed by atoms with Crippen molar-refractivity contribution in [2.75, 3.05) is 0 Å². The van der Waals surface area contributed by atoms with Gasteiger partial charge in [-0.25, -0.2) is 4.79 Å². The monoisotopic (exact) mass is 406 g/mol. The van der Waals surface area contributed by atoms with Crippen LogP contribution in [0.4, 0.5) is 0 Å². The van der Waals surface area contributed by atoms with Gasteiger partial charge in [-0.1, -0.05) is 123 Å². The molecule has 0 saturated heterocycles. The average Bonchev–Trinajstić information content (AvgIpc) is 2.74. The van der Waals surface area contributed by atoms with Crippen LogP contribution < -0.4 is 0 Å². The molecule has 2 nitrogen and oxygen atoms in total. The number of carbonyl (C=O) groups is 1. The van der Waals surface area contributed by atoms with Gasteiger partial charge in [0.1, 0.15) is 6.10 Å². The maximum atomic E-state index is 11.5. The SMILES string of the molecule is C=CC(=O)OC1CCCCC1CCCCCCCCCCCCCCCCCC. The summed E-state index contributed by atoms with van der Waals surface area (Å²) < 4.78 is 5.58. The molecular formula is C27H50O2. The maximum Gasteiger partial charge on any atom is 0.330 e. The second-order valence-electron chi connectivity index (χ2n) is 9.32. The Hall–Kier alpha value is -0.790. The van der Waals surface area contributed by atoms with E-state index in [9.17, 15) is 4.79 Å². The molecule has 0 aliphatic heterocycles. The minimum absolute atomic E-state index is 0.144. The van der Waals surface area contributed by atoms with E-state index in [1.807, 2.05) is 0 Å². The summed E-state index contributed by atoms with van der Waals surface area (Å²) in [4.78, 5) is 11.5. The smallest absolute Gasteiger partial charge is 0.330 e. The Labute approximate surface area is 182 Å². The Kier molecular flexibility index (Phi) is 17.4. The summed E-state index contributed by atoms with van der Waals surface area (Å²) >= 11 is 0. The topological polar surface area (TPSA) is 26.3 Å². The molecule has 29 heavy (non-hydrogen) atoms. The standard InChI is InChI=1S/C27H50O2/c1-3-5-6-7-8-9-10-11-12-13-14-15-16-17-18-19-22-25-23-20-21-24-26(25)29-27(28)4-2/h4,25-26H,2-3,5-24H2,1H3. The second-order valence-corrected chi connectivity index (χ2v) is 9.32. The molecule has 1 saturated carbocycles. The first-order chi connectivity index (χ1) is 14.3. The van der Waals surface area contributed by atoms with Crippen LogP contribution in [-0.2, 0) is 9.53 Å². The Balaban J connectivity index is 1.86. The van der Waals surface area contributed by atoms with E-state index in [0.717, 1.165) is 6.42 Å². The molecule has 0 aromatic carbocycles. The number of carbonyl (C=O) groups excluding carboxylic acids is 1. The normalized spacial score (nSPS) is 19.2. The third-order valence-corrected chi connectivity index (χ3v) is 6.70. The molecule has 0 N–H and O–H groups in total. The Morgan fingerprint density at radius 2 is 1.21 bits per heavy atom. The van der Waals surface area contributed by atoms with Crippen molar-refractivity contribution < 1.29 is 9.53 Å². The molecule has 2 heteroatoms. The average molecular weight is 407 g/mol. The summed E-state index contributed by atoms with van der Waals surface area (Å²) in [6.45, 7) is 5.81. The Morgan fingerprint density at radius 3 is 1.69 bits per heavy atom. The van der Waals surface area contributed by atoms with Crippen molar-refractivity contribution >= 4 is 5.97 Å². The summed E-state index contributed by atoms with van der Waals surface area (Å²) in [5.74, 6) is 0.341. The van der Waals surface area contributed by atoms with Crippen LogP contribution in [0.2, 0.25) is 0 Å². The first-order valence-electron chi connectivity index (χ1n) is 13.1. The van der Waals surface area contributed by atoms with Crippen molar-refractivity contribution in [2.24, 2.45) is 5.92 Å². The molecule has 0 heterocycles. The number of unbranched alkanes of at least 4 members (excludes halogenated alkanes) is 15. The summed E-state index contributed by atoms with van der Waals surface area (Å²) in [5.41, 5.74) is 0. The van der Waals surface area contributed by atoms with Crippen molar-refractivity contribution in [1.29, 1.82) is 0 Å². The predicted molar refractivity (Wildman–Crippen MR) is 126 cm³/mol. The molecular weight excluding hydrogens is 356 g/mol. The number of hydrogen-bond acceptors (Lipinski definition) is 2. The van der Waals surface area contributed by atoms with Crippen LogP contribution in [0.1, 0.15) is 142 Å². The second kappa shape index (κ2) is 19.2. The minimum atomic E-state index is -0.242. The third-order valence-electron chi connectivity index (χ3n) is 6.70. The molecule has 0 spiro atoms. The lowest BCUT2D eigenvalue weighted by atomic mass is 9.83. The summed E-state index contributed by atoms with van der Waals surface area (Å²) in [6.07, 6.45) is 30.1. The Bertz CT molecular complexity index is 390. The van der Waals surface area contributed by atoms with Crippen LogP contribution in [0.3, 0.4) is 0 Å². The number of esters is 1. The zero-order chi connectivity index (χ0) is 21.0. The Morgan fingerprint density at radius 1 is 0.759 bits per heavy atom. The number of ether oxygens (including phenoxy) is 1. The van der Waals surface area contributed by atoms with E-state index in [1.165, 1.54) is 134 Å². The summed E-state index contributed by atoms with van der Waals surface area (Å²) in [5, 5.41) is 0. The first kappa shape index (κ1) is 26.2. The van der Waals surface area contributed by atoms with Crippen LogP contribution in [0.5, 0.6) is 0 Å². The largest absolute Gasteiger partial charge is 0.459 e. The highest BCUT2D eigenvalue weighted by atomic mass is 16.5. The van der Waals surface area contributed by atoms with Crippen molar-refractivity contribution in [1.82, 2.24) is 0 Å². The van der Waals surface area contributed by atoms with Gasteiger partial charge in [-0.15, -0.1) is 0 Å². The van der Waals surface area contributed by atoms with Crippen LogP contribution in [0, 0.1) is 5.92 Å². The third kappa shape index (κ3) is 14.8. The van der Waals surface area contributed by atoms with Crippen molar-refractivity contribution in [3.8, 4) is 0 Å². The van der Waals surface area contributed by atoms with E-state index < -0.39 is 0 Å². The van der Waals surface area contributed by atoms with E-state index in [0.29, 0.717) is 5.92 Å². The van der Waals surface area contributed by atoms with Crippen molar-refractivity contribution in [3.63, 3.8) is 0 Å². The van der Waals surface area contributed by atoms with E-state index >= 15 is 0 Å². The van der Waals surface area contributed by atoms with Gasteiger partial charge in [0.15, 0.2) is 0 Å². The van der Waals surface area contributed by atoms with Gasteiger partial charge in [-0.3, -0.25) is 0 Å². The molecule has 0 amide bonds.